The fraction of sp³-hybridized carbons (Fsp3) is 0.458. The van der Waals surface area contributed by atoms with Crippen molar-refractivity contribution in [3.05, 3.63) is 53.3 Å². The Balaban J connectivity index is 1.63. The number of sulfone groups is 1. The van der Waals surface area contributed by atoms with Gasteiger partial charge in [0.05, 0.1) is 11.5 Å². The van der Waals surface area contributed by atoms with E-state index in [0.717, 1.165) is 35.2 Å². The summed E-state index contributed by atoms with van der Waals surface area (Å²) in [4.78, 5) is 9.02. The van der Waals surface area contributed by atoms with Gasteiger partial charge < -0.3 is 9.47 Å². The van der Waals surface area contributed by atoms with Crippen LogP contribution in [0.2, 0.25) is 5.15 Å². The van der Waals surface area contributed by atoms with Gasteiger partial charge >= 0.3 is 0 Å². The molecule has 0 amide bonds. The zero-order valence-corrected chi connectivity index (χ0v) is 20.7. The second kappa shape index (κ2) is 8.69. The first-order chi connectivity index (χ1) is 15.1. The molecule has 0 atom stereocenters. The van der Waals surface area contributed by atoms with Crippen molar-refractivity contribution >= 4 is 38.2 Å². The molecule has 1 aliphatic heterocycles. The van der Waals surface area contributed by atoms with Gasteiger partial charge in [0.2, 0.25) is 0 Å². The van der Waals surface area contributed by atoms with E-state index in [4.69, 9.17) is 11.6 Å². The molecule has 1 fully saturated rings. The minimum atomic E-state index is -2.88. The third-order valence-corrected chi connectivity index (χ3v) is 8.35. The maximum absolute atomic E-state index is 11.8. The lowest BCUT2D eigenvalue weighted by Crippen LogP contribution is -2.51. The Hall–Kier alpha value is -2.09. The van der Waals surface area contributed by atoms with Crippen molar-refractivity contribution in [1.82, 2.24) is 14.5 Å². The Kier molecular flexibility index (Phi) is 6.27. The molecule has 1 aliphatic rings. The Morgan fingerprint density at radius 2 is 1.84 bits per heavy atom. The van der Waals surface area contributed by atoms with Crippen molar-refractivity contribution in [2.24, 2.45) is 0 Å². The van der Waals surface area contributed by atoms with Gasteiger partial charge in [-0.2, -0.15) is 0 Å². The fourth-order valence-corrected chi connectivity index (χ4v) is 5.72. The molecule has 0 radical (unpaired) electrons. The van der Waals surface area contributed by atoms with E-state index in [9.17, 15) is 8.42 Å². The lowest BCUT2D eigenvalue weighted by molar-refractivity contribution is 0.123. The van der Waals surface area contributed by atoms with Crippen LogP contribution in [-0.2, 0) is 16.3 Å². The number of nitrogens with zero attached hydrogens (tertiary/aromatic N) is 4. The van der Waals surface area contributed by atoms with Crippen LogP contribution in [0.4, 0.5) is 5.69 Å². The number of aryl methyl sites for hydroxylation is 1. The average Bonchev–Trinajstić information content (AvgIpc) is 3.10. The summed E-state index contributed by atoms with van der Waals surface area (Å²) < 4.78 is 25.8. The molecule has 0 N–H and O–H groups in total. The van der Waals surface area contributed by atoms with Gasteiger partial charge in [-0.05, 0) is 62.6 Å². The first-order valence-electron chi connectivity index (χ1n) is 11.0. The number of anilines is 1. The van der Waals surface area contributed by atoms with Gasteiger partial charge in [0.1, 0.15) is 10.8 Å². The van der Waals surface area contributed by atoms with Crippen LogP contribution in [0.25, 0.3) is 16.7 Å². The first-order valence-corrected chi connectivity index (χ1v) is 13.2. The van der Waals surface area contributed by atoms with E-state index < -0.39 is 9.84 Å². The standard InChI is InChI=1S/C24H31ClN4O2S/c1-24(2,28-12-14-32(30,31)15-13-28)11-10-18-17-29(23-21(18)8-9-22(25)26-23)20-7-5-6-19(16-20)27(3)4/h5-9,16-17H,10-15H2,1-4H3. The summed E-state index contributed by atoms with van der Waals surface area (Å²) in [5, 5.41) is 1.57. The molecule has 6 nitrogen and oxygen atoms in total. The number of rotatable bonds is 6. The van der Waals surface area contributed by atoms with Crippen LogP contribution < -0.4 is 4.90 Å². The second-order valence-corrected chi connectivity index (χ2v) is 12.1. The molecule has 0 aliphatic carbocycles. The second-order valence-electron chi connectivity index (χ2n) is 9.40. The van der Waals surface area contributed by atoms with Gasteiger partial charge in [0.15, 0.2) is 9.84 Å². The van der Waals surface area contributed by atoms with Crippen LogP contribution in [-0.4, -0.2) is 67.1 Å². The van der Waals surface area contributed by atoms with Crippen molar-refractivity contribution in [3.8, 4) is 5.69 Å². The molecule has 32 heavy (non-hydrogen) atoms. The molecule has 4 rings (SSSR count). The summed E-state index contributed by atoms with van der Waals surface area (Å²) in [6.07, 6.45) is 3.96. The van der Waals surface area contributed by atoms with Gasteiger partial charge in [-0.25, -0.2) is 13.4 Å². The monoisotopic (exact) mass is 474 g/mol. The van der Waals surface area contributed by atoms with E-state index >= 15 is 0 Å². The molecule has 0 saturated carbocycles. The topological polar surface area (TPSA) is 58.4 Å². The maximum atomic E-state index is 11.8. The first kappa shape index (κ1) is 23.1. The smallest absolute Gasteiger partial charge is 0.152 e. The highest BCUT2D eigenvalue weighted by Crippen LogP contribution is 2.30. The minimum Gasteiger partial charge on any atom is -0.378 e. The molecule has 0 bridgehead atoms. The summed E-state index contributed by atoms with van der Waals surface area (Å²) in [5.41, 5.74) is 4.15. The Morgan fingerprint density at radius 3 is 2.53 bits per heavy atom. The van der Waals surface area contributed by atoms with Gasteiger partial charge in [-0.1, -0.05) is 17.7 Å². The van der Waals surface area contributed by atoms with Crippen LogP contribution in [0, 0.1) is 0 Å². The molecule has 0 spiro atoms. The van der Waals surface area contributed by atoms with Crippen LogP contribution in [0.1, 0.15) is 25.8 Å². The van der Waals surface area contributed by atoms with E-state index in [1.54, 1.807) is 0 Å². The summed E-state index contributed by atoms with van der Waals surface area (Å²) >= 11 is 6.25. The summed E-state index contributed by atoms with van der Waals surface area (Å²) in [6.45, 7) is 5.62. The highest BCUT2D eigenvalue weighted by Gasteiger charge is 2.32. The van der Waals surface area contributed by atoms with E-state index in [2.05, 4.69) is 57.6 Å². The van der Waals surface area contributed by atoms with Crippen LogP contribution in [0.5, 0.6) is 0 Å². The zero-order chi connectivity index (χ0) is 23.1. The van der Waals surface area contributed by atoms with Crippen molar-refractivity contribution < 1.29 is 8.42 Å². The number of hydrogen-bond donors (Lipinski definition) is 0. The molecule has 1 saturated heterocycles. The minimum absolute atomic E-state index is 0.0882. The molecule has 8 heteroatoms. The molecule has 2 aromatic heterocycles. The van der Waals surface area contributed by atoms with Gasteiger partial charge in [-0.3, -0.25) is 4.90 Å². The quantitative estimate of drug-likeness (QED) is 0.501. The average molecular weight is 475 g/mol. The Labute approximate surface area is 195 Å². The maximum Gasteiger partial charge on any atom is 0.152 e. The van der Waals surface area contributed by atoms with E-state index in [-0.39, 0.29) is 17.0 Å². The van der Waals surface area contributed by atoms with Crippen molar-refractivity contribution in [2.45, 2.75) is 32.2 Å². The number of pyridine rings is 1. The highest BCUT2D eigenvalue weighted by molar-refractivity contribution is 7.91. The normalized spacial score (nSPS) is 17.0. The van der Waals surface area contributed by atoms with E-state index in [0.29, 0.717) is 18.2 Å². The predicted molar refractivity (Wildman–Crippen MR) is 133 cm³/mol. The van der Waals surface area contributed by atoms with Crippen molar-refractivity contribution in [3.63, 3.8) is 0 Å². The highest BCUT2D eigenvalue weighted by atomic mass is 35.5. The molecule has 3 heterocycles. The summed E-state index contributed by atoms with van der Waals surface area (Å²) in [5.74, 6) is 0.501. The molecular weight excluding hydrogens is 444 g/mol. The SMILES string of the molecule is CN(C)c1cccc(-n2cc(CCC(C)(C)N3CCS(=O)(=O)CC3)c3ccc(Cl)nc32)c1. The fourth-order valence-electron chi connectivity index (χ4n) is 4.38. The molecule has 0 unspecified atom stereocenters. The van der Waals surface area contributed by atoms with Crippen molar-refractivity contribution in [1.29, 1.82) is 0 Å². The third-order valence-electron chi connectivity index (χ3n) is 6.53. The zero-order valence-electron chi connectivity index (χ0n) is 19.2. The number of halogens is 1. The third kappa shape index (κ3) is 4.80. The van der Waals surface area contributed by atoms with Crippen LogP contribution in [0.3, 0.4) is 0 Å². The summed E-state index contributed by atoms with van der Waals surface area (Å²) in [7, 11) is 1.18. The molecular formula is C24H31ClN4O2S. The van der Waals surface area contributed by atoms with Gasteiger partial charge in [-0.15, -0.1) is 0 Å². The Bertz CT molecular complexity index is 1220. The number of fused-ring (bicyclic) bond motifs is 1. The molecule has 1 aromatic carbocycles. The number of aromatic nitrogens is 2. The number of hydrogen-bond acceptors (Lipinski definition) is 5. The van der Waals surface area contributed by atoms with Crippen molar-refractivity contribution in [2.75, 3.05) is 43.6 Å². The predicted octanol–water partition coefficient (Wildman–Crippen LogP) is 4.19. The van der Waals surface area contributed by atoms with E-state index in [1.165, 1.54) is 5.56 Å². The molecule has 3 aromatic rings. The summed E-state index contributed by atoms with van der Waals surface area (Å²) in [6, 6.07) is 12.2. The Morgan fingerprint density at radius 1 is 1.12 bits per heavy atom. The van der Waals surface area contributed by atoms with Crippen LogP contribution in [0.15, 0.2) is 42.6 Å². The lowest BCUT2D eigenvalue weighted by atomic mass is 9.93. The van der Waals surface area contributed by atoms with E-state index in [1.807, 2.05) is 32.3 Å². The largest absolute Gasteiger partial charge is 0.378 e. The molecule has 172 valence electrons. The number of benzene rings is 1. The lowest BCUT2D eigenvalue weighted by Gasteiger charge is -2.41. The van der Waals surface area contributed by atoms with Crippen LogP contribution >= 0.6 is 11.6 Å². The van der Waals surface area contributed by atoms with Gasteiger partial charge in [0.25, 0.3) is 0 Å². The van der Waals surface area contributed by atoms with Gasteiger partial charge in [0, 0.05) is 55.7 Å².